The van der Waals surface area contributed by atoms with Gasteiger partial charge in [-0.3, -0.25) is 9.80 Å². The molecule has 3 aliphatic heterocycles. The zero-order chi connectivity index (χ0) is 25.4. The molecule has 2 saturated heterocycles. The van der Waals surface area contributed by atoms with Crippen molar-refractivity contribution in [3.8, 4) is 5.75 Å². The van der Waals surface area contributed by atoms with Gasteiger partial charge in [-0.05, 0) is 89.3 Å². The van der Waals surface area contributed by atoms with Gasteiger partial charge in [-0.1, -0.05) is 18.2 Å². The maximum absolute atomic E-state index is 14.3. The Bertz CT molecular complexity index is 1150. The molecule has 3 unspecified atom stereocenters. The summed E-state index contributed by atoms with van der Waals surface area (Å²) in [5.41, 5.74) is 1.23. The van der Waals surface area contributed by atoms with Crippen LogP contribution in [0.15, 0.2) is 53.5 Å². The maximum atomic E-state index is 14.3. The van der Waals surface area contributed by atoms with Gasteiger partial charge in [-0.15, -0.1) is 0 Å². The van der Waals surface area contributed by atoms with Crippen LogP contribution in [0.5, 0.6) is 5.75 Å². The summed E-state index contributed by atoms with van der Waals surface area (Å²) in [7, 11) is 0. The van der Waals surface area contributed by atoms with Gasteiger partial charge in [-0.2, -0.15) is 4.99 Å². The Balaban J connectivity index is 1.43. The van der Waals surface area contributed by atoms with Crippen LogP contribution in [-0.2, 0) is 6.54 Å². The van der Waals surface area contributed by atoms with Gasteiger partial charge >= 0.3 is 6.03 Å². The number of nitrogens with zero attached hydrogens (tertiary/aromatic N) is 4. The Labute approximate surface area is 213 Å². The van der Waals surface area contributed by atoms with E-state index < -0.39 is 5.54 Å². The van der Waals surface area contributed by atoms with E-state index in [-0.39, 0.29) is 24.0 Å². The van der Waals surface area contributed by atoms with Crippen LogP contribution >= 0.6 is 0 Å². The van der Waals surface area contributed by atoms with E-state index in [1.165, 1.54) is 17.7 Å². The third-order valence-electron chi connectivity index (χ3n) is 7.85. The van der Waals surface area contributed by atoms with Gasteiger partial charge in [0.2, 0.25) is 0 Å². The molecule has 3 atom stereocenters. The number of ether oxygens (including phenoxy) is 1. The molecule has 0 N–H and O–H groups in total. The summed E-state index contributed by atoms with van der Waals surface area (Å²) in [6.45, 7) is 11.0. The van der Waals surface area contributed by atoms with E-state index in [2.05, 4.69) is 40.8 Å². The topological polar surface area (TPSA) is 48.4 Å². The second-order valence-corrected chi connectivity index (χ2v) is 10.8. The van der Waals surface area contributed by atoms with Gasteiger partial charge in [-0.25, -0.2) is 9.18 Å². The summed E-state index contributed by atoms with van der Waals surface area (Å²) in [5, 5.41) is 0. The molecule has 2 fully saturated rings. The van der Waals surface area contributed by atoms with Crippen LogP contribution in [0.2, 0.25) is 0 Å². The molecule has 5 rings (SSSR count). The third-order valence-corrected chi connectivity index (χ3v) is 7.85. The number of amidine groups is 1. The molecule has 0 saturated carbocycles. The molecule has 2 aromatic rings. The van der Waals surface area contributed by atoms with Gasteiger partial charge in [0.25, 0.3) is 0 Å². The predicted octanol–water partition coefficient (Wildman–Crippen LogP) is 5.86. The quantitative estimate of drug-likeness (QED) is 0.525. The van der Waals surface area contributed by atoms with E-state index >= 15 is 0 Å². The smallest absolute Gasteiger partial charge is 0.350 e. The highest BCUT2D eigenvalue weighted by atomic mass is 19.1. The van der Waals surface area contributed by atoms with Gasteiger partial charge < -0.3 is 9.64 Å². The number of urea groups is 1. The zero-order valence-electron chi connectivity index (χ0n) is 21.8. The van der Waals surface area contributed by atoms with E-state index in [1.807, 2.05) is 32.0 Å². The number of benzene rings is 2. The molecule has 3 aliphatic rings. The monoisotopic (exact) mass is 492 g/mol. The lowest BCUT2D eigenvalue weighted by atomic mass is 9.80. The molecule has 1 spiro atoms. The summed E-state index contributed by atoms with van der Waals surface area (Å²) in [6, 6.07) is 15.0. The lowest BCUT2D eigenvalue weighted by Gasteiger charge is -2.50. The van der Waals surface area contributed by atoms with Crippen molar-refractivity contribution in [1.29, 1.82) is 0 Å². The minimum absolute atomic E-state index is 0.133. The van der Waals surface area contributed by atoms with Gasteiger partial charge in [0.05, 0.1) is 6.10 Å². The molecular formula is C29H37FN4O2. The SMILES string of the molecule is CC(C)Oc1cccc(CN2CCC3(CC2C)C(N2CCCC2C)=NC(=O)N3c2cccc(F)c2)c1. The fraction of sp³-hybridized carbons (Fsp3) is 0.517. The van der Waals surface area contributed by atoms with Crippen molar-refractivity contribution in [3.63, 3.8) is 0 Å². The van der Waals surface area contributed by atoms with Gasteiger partial charge in [0, 0.05) is 37.4 Å². The van der Waals surface area contributed by atoms with Crippen LogP contribution in [0.4, 0.5) is 14.9 Å². The minimum Gasteiger partial charge on any atom is -0.491 e. The van der Waals surface area contributed by atoms with Crippen molar-refractivity contribution in [2.24, 2.45) is 4.99 Å². The first kappa shape index (κ1) is 24.8. The molecule has 0 aromatic heterocycles. The first-order valence-electron chi connectivity index (χ1n) is 13.2. The first-order chi connectivity index (χ1) is 17.3. The van der Waals surface area contributed by atoms with Crippen molar-refractivity contribution < 1.29 is 13.9 Å². The zero-order valence-corrected chi connectivity index (χ0v) is 21.8. The largest absolute Gasteiger partial charge is 0.491 e. The Morgan fingerprint density at radius 1 is 1.11 bits per heavy atom. The van der Waals surface area contributed by atoms with Crippen LogP contribution in [0.3, 0.4) is 0 Å². The number of hydrogen-bond acceptors (Lipinski definition) is 4. The lowest BCUT2D eigenvalue weighted by molar-refractivity contribution is 0.118. The van der Waals surface area contributed by atoms with Crippen molar-refractivity contribution in [3.05, 3.63) is 59.9 Å². The molecule has 2 aromatic carbocycles. The Morgan fingerprint density at radius 2 is 1.92 bits per heavy atom. The highest BCUT2D eigenvalue weighted by molar-refractivity contribution is 6.16. The molecule has 2 amide bonds. The minimum atomic E-state index is -0.567. The Morgan fingerprint density at radius 3 is 2.61 bits per heavy atom. The highest BCUT2D eigenvalue weighted by Crippen LogP contribution is 2.43. The maximum Gasteiger partial charge on any atom is 0.350 e. The van der Waals surface area contributed by atoms with Gasteiger partial charge in [0.1, 0.15) is 22.9 Å². The lowest BCUT2D eigenvalue weighted by Crippen LogP contribution is -2.63. The number of anilines is 1. The molecule has 6 nitrogen and oxygen atoms in total. The molecule has 0 bridgehead atoms. The number of amides is 2. The standard InChI is InChI=1S/C29H37FN4O2/c1-20(2)36-26-12-5-9-23(16-26)19-32-15-13-29(18-22(32)4)27(33-14-7-8-21(33)3)31-28(35)34(29)25-11-6-10-24(30)17-25/h5-6,9-12,16-17,20-22H,7-8,13-15,18-19H2,1-4H3. The average Bonchev–Trinajstić information content (AvgIpc) is 3.35. The summed E-state index contributed by atoms with van der Waals surface area (Å²) >= 11 is 0. The first-order valence-corrected chi connectivity index (χ1v) is 13.2. The number of hydrogen-bond donors (Lipinski definition) is 0. The van der Waals surface area contributed by atoms with Crippen LogP contribution < -0.4 is 9.64 Å². The molecule has 0 radical (unpaired) electrons. The van der Waals surface area contributed by atoms with Crippen LogP contribution in [0, 0.1) is 5.82 Å². The fourth-order valence-electron chi connectivity index (χ4n) is 6.21. The molecule has 3 heterocycles. The molecule has 0 aliphatic carbocycles. The van der Waals surface area contributed by atoms with Crippen molar-refractivity contribution in [2.75, 3.05) is 18.0 Å². The predicted molar refractivity (Wildman–Crippen MR) is 141 cm³/mol. The van der Waals surface area contributed by atoms with Crippen molar-refractivity contribution in [1.82, 2.24) is 9.80 Å². The fourth-order valence-corrected chi connectivity index (χ4v) is 6.21. The highest BCUT2D eigenvalue weighted by Gasteiger charge is 2.55. The van der Waals surface area contributed by atoms with Crippen molar-refractivity contribution in [2.45, 2.75) is 83.6 Å². The van der Waals surface area contributed by atoms with E-state index in [1.54, 1.807) is 11.0 Å². The van der Waals surface area contributed by atoms with E-state index in [0.29, 0.717) is 11.7 Å². The summed E-state index contributed by atoms with van der Waals surface area (Å²) in [6.07, 6.45) is 3.83. The Hall–Kier alpha value is -2.93. The van der Waals surface area contributed by atoms with E-state index in [4.69, 9.17) is 4.74 Å². The molecular weight excluding hydrogens is 455 g/mol. The van der Waals surface area contributed by atoms with Crippen molar-refractivity contribution >= 4 is 17.6 Å². The second-order valence-electron chi connectivity index (χ2n) is 10.8. The molecule has 192 valence electrons. The summed E-state index contributed by atoms with van der Waals surface area (Å²) in [5.74, 6) is 1.42. The van der Waals surface area contributed by atoms with E-state index in [0.717, 1.165) is 56.9 Å². The van der Waals surface area contributed by atoms with Crippen LogP contribution in [0.1, 0.15) is 58.9 Å². The normalized spacial score (nSPS) is 26.8. The second kappa shape index (κ2) is 9.85. The number of carbonyl (C=O) groups is 1. The van der Waals surface area contributed by atoms with Crippen LogP contribution in [0.25, 0.3) is 0 Å². The summed E-state index contributed by atoms with van der Waals surface area (Å²) < 4.78 is 20.1. The van der Waals surface area contributed by atoms with Gasteiger partial charge in [0.15, 0.2) is 0 Å². The molecule has 7 heteroatoms. The number of halogens is 1. The number of carbonyl (C=O) groups excluding carboxylic acids is 1. The number of rotatable bonds is 5. The number of likely N-dealkylation sites (tertiary alicyclic amines) is 2. The number of piperidine rings is 1. The number of aliphatic imine (C=N–C) groups is 1. The average molecular weight is 493 g/mol. The van der Waals surface area contributed by atoms with Crippen LogP contribution in [-0.4, -0.2) is 58.5 Å². The Kier molecular flexibility index (Phi) is 6.77. The summed E-state index contributed by atoms with van der Waals surface area (Å²) in [4.78, 5) is 24.6. The molecule has 36 heavy (non-hydrogen) atoms. The third kappa shape index (κ3) is 4.61. The van der Waals surface area contributed by atoms with E-state index in [9.17, 15) is 9.18 Å².